The van der Waals surface area contributed by atoms with E-state index < -0.39 is 0 Å². The second-order valence-electron chi connectivity index (χ2n) is 5.95. The van der Waals surface area contributed by atoms with Crippen LogP contribution in [0.4, 0.5) is 5.69 Å². The maximum Gasteiger partial charge on any atom is 0.247 e. The van der Waals surface area contributed by atoms with Crippen LogP contribution in [-0.4, -0.2) is 10.8 Å². The van der Waals surface area contributed by atoms with E-state index >= 15 is 0 Å². The molecule has 0 saturated carbocycles. The predicted molar refractivity (Wildman–Crippen MR) is 97.8 cm³/mol. The predicted octanol–water partition coefficient (Wildman–Crippen LogP) is 4.44. The van der Waals surface area contributed by atoms with Crippen molar-refractivity contribution in [3.05, 3.63) is 88.1 Å². The SMILES string of the molecule is O=C1Nc2ccccc2CN(Cc2ccccc2)C1c1cccs1. The zero-order chi connectivity index (χ0) is 16.4. The van der Waals surface area contributed by atoms with Crippen molar-refractivity contribution in [3.63, 3.8) is 0 Å². The number of amides is 1. The van der Waals surface area contributed by atoms with Gasteiger partial charge in [0.2, 0.25) is 5.91 Å². The lowest BCUT2D eigenvalue weighted by atomic mass is 10.1. The fourth-order valence-corrected chi connectivity index (χ4v) is 4.03. The monoisotopic (exact) mass is 334 g/mol. The minimum absolute atomic E-state index is 0.0401. The molecule has 0 bridgehead atoms. The smallest absolute Gasteiger partial charge is 0.247 e. The Morgan fingerprint density at radius 1 is 1.00 bits per heavy atom. The van der Waals surface area contributed by atoms with E-state index in [1.165, 1.54) is 5.56 Å². The molecular formula is C20H18N2OS. The second kappa shape index (κ2) is 6.59. The summed E-state index contributed by atoms with van der Waals surface area (Å²) in [6.45, 7) is 1.48. The van der Waals surface area contributed by atoms with E-state index in [1.807, 2.05) is 53.9 Å². The first-order valence-electron chi connectivity index (χ1n) is 8.01. The van der Waals surface area contributed by atoms with Gasteiger partial charge in [-0.25, -0.2) is 0 Å². The molecule has 1 aliphatic rings. The number of fused-ring (bicyclic) bond motifs is 1. The molecule has 120 valence electrons. The first kappa shape index (κ1) is 15.1. The van der Waals surface area contributed by atoms with E-state index in [2.05, 4.69) is 28.4 Å². The molecule has 2 heterocycles. The van der Waals surface area contributed by atoms with Crippen LogP contribution in [0.3, 0.4) is 0 Å². The highest BCUT2D eigenvalue weighted by molar-refractivity contribution is 7.10. The zero-order valence-electron chi connectivity index (χ0n) is 13.2. The van der Waals surface area contributed by atoms with Crippen molar-refractivity contribution in [1.29, 1.82) is 0 Å². The number of carbonyl (C=O) groups excluding carboxylic acids is 1. The first-order valence-corrected chi connectivity index (χ1v) is 8.89. The first-order chi connectivity index (χ1) is 11.8. The number of para-hydroxylation sites is 1. The number of hydrogen-bond donors (Lipinski definition) is 1. The highest BCUT2D eigenvalue weighted by Crippen LogP contribution is 2.33. The number of nitrogens with zero attached hydrogens (tertiary/aromatic N) is 1. The van der Waals surface area contributed by atoms with Crippen LogP contribution < -0.4 is 5.32 Å². The molecule has 3 nitrogen and oxygen atoms in total. The van der Waals surface area contributed by atoms with Crippen LogP contribution in [0.2, 0.25) is 0 Å². The van der Waals surface area contributed by atoms with Gasteiger partial charge in [-0.2, -0.15) is 0 Å². The second-order valence-corrected chi connectivity index (χ2v) is 6.93. The van der Waals surface area contributed by atoms with Gasteiger partial charge in [0.1, 0.15) is 6.04 Å². The summed E-state index contributed by atoms with van der Waals surface area (Å²) in [5.41, 5.74) is 3.28. The van der Waals surface area contributed by atoms with Gasteiger partial charge in [-0.05, 0) is 28.6 Å². The van der Waals surface area contributed by atoms with Crippen molar-refractivity contribution in [2.24, 2.45) is 0 Å². The van der Waals surface area contributed by atoms with Gasteiger partial charge in [0, 0.05) is 23.7 Å². The van der Waals surface area contributed by atoms with Crippen LogP contribution in [0.5, 0.6) is 0 Å². The molecule has 0 aliphatic carbocycles. The van der Waals surface area contributed by atoms with Crippen molar-refractivity contribution in [1.82, 2.24) is 4.90 Å². The van der Waals surface area contributed by atoms with Crippen molar-refractivity contribution in [3.8, 4) is 0 Å². The molecule has 3 aromatic rings. The maximum absolute atomic E-state index is 12.9. The molecule has 1 amide bonds. The van der Waals surface area contributed by atoms with Crippen molar-refractivity contribution in [2.45, 2.75) is 19.1 Å². The molecule has 2 aromatic carbocycles. The number of hydrogen-bond acceptors (Lipinski definition) is 3. The van der Waals surface area contributed by atoms with E-state index in [9.17, 15) is 4.79 Å². The fourth-order valence-electron chi connectivity index (χ4n) is 3.18. The van der Waals surface area contributed by atoms with Gasteiger partial charge in [0.15, 0.2) is 0 Å². The summed E-state index contributed by atoms with van der Waals surface area (Å²) >= 11 is 1.63. The minimum atomic E-state index is -0.266. The van der Waals surface area contributed by atoms with Gasteiger partial charge in [-0.1, -0.05) is 54.6 Å². The molecule has 4 rings (SSSR count). The number of benzene rings is 2. The quantitative estimate of drug-likeness (QED) is 0.768. The Morgan fingerprint density at radius 3 is 2.58 bits per heavy atom. The van der Waals surface area contributed by atoms with Gasteiger partial charge in [0.05, 0.1) is 0 Å². The molecule has 1 unspecified atom stereocenters. The standard InChI is InChI=1S/C20H18N2OS/c23-20-19(18-11-6-12-24-18)22(13-15-7-2-1-3-8-15)14-16-9-4-5-10-17(16)21-20/h1-12,19H,13-14H2,(H,21,23). The zero-order valence-corrected chi connectivity index (χ0v) is 14.0. The third-order valence-corrected chi connectivity index (χ3v) is 5.23. The Kier molecular flexibility index (Phi) is 4.15. The Bertz CT molecular complexity index is 830. The summed E-state index contributed by atoms with van der Waals surface area (Å²) in [5, 5.41) is 5.13. The molecule has 1 aromatic heterocycles. The van der Waals surface area contributed by atoms with Crippen LogP contribution in [0.15, 0.2) is 72.1 Å². The molecule has 1 atom stereocenters. The number of anilines is 1. The highest BCUT2D eigenvalue weighted by Gasteiger charge is 2.32. The lowest BCUT2D eigenvalue weighted by Gasteiger charge is -2.27. The molecule has 1 N–H and O–H groups in total. The maximum atomic E-state index is 12.9. The van der Waals surface area contributed by atoms with Crippen molar-refractivity contribution < 1.29 is 4.79 Å². The van der Waals surface area contributed by atoms with E-state index in [4.69, 9.17) is 0 Å². The molecule has 1 aliphatic heterocycles. The Balaban J connectivity index is 1.74. The van der Waals surface area contributed by atoms with E-state index in [0.717, 1.165) is 29.2 Å². The number of carbonyl (C=O) groups is 1. The molecule has 24 heavy (non-hydrogen) atoms. The summed E-state index contributed by atoms with van der Waals surface area (Å²) in [4.78, 5) is 16.3. The minimum Gasteiger partial charge on any atom is -0.324 e. The third-order valence-electron chi connectivity index (χ3n) is 4.30. The van der Waals surface area contributed by atoms with Gasteiger partial charge < -0.3 is 5.32 Å². The van der Waals surface area contributed by atoms with Crippen LogP contribution in [0.1, 0.15) is 22.0 Å². The Labute approximate surface area is 145 Å². The number of rotatable bonds is 3. The van der Waals surface area contributed by atoms with E-state index in [1.54, 1.807) is 11.3 Å². The van der Waals surface area contributed by atoms with Crippen LogP contribution >= 0.6 is 11.3 Å². The summed E-state index contributed by atoms with van der Waals surface area (Å²) < 4.78 is 0. The fraction of sp³-hybridized carbons (Fsp3) is 0.150. The average molecular weight is 334 g/mol. The van der Waals surface area contributed by atoms with Crippen molar-refractivity contribution in [2.75, 3.05) is 5.32 Å². The van der Waals surface area contributed by atoms with E-state index in [-0.39, 0.29) is 11.9 Å². The normalized spacial score (nSPS) is 17.8. The number of nitrogens with one attached hydrogen (secondary N) is 1. The van der Waals surface area contributed by atoms with Gasteiger partial charge in [0.25, 0.3) is 0 Å². The van der Waals surface area contributed by atoms with E-state index in [0.29, 0.717) is 0 Å². The van der Waals surface area contributed by atoms with Crippen LogP contribution in [0.25, 0.3) is 0 Å². The molecular weight excluding hydrogens is 316 g/mol. The summed E-state index contributed by atoms with van der Waals surface area (Å²) in [6, 6.07) is 22.2. The molecule has 0 fully saturated rings. The molecule has 0 spiro atoms. The van der Waals surface area contributed by atoms with Gasteiger partial charge in [-0.15, -0.1) is 11.3 Å². The lowest BCUT2D eigenvalue weighted by molar-refractivity contribution is -0.121. The third kappa shape index (κ3) is 2.98. The molecule has 4 heteroatoms. The van der Waals surface area contributed by atoms with Crippen molar-refractivity contribution >= 4 is 22.9 Å². The Hall–Kier alpha value is -2.43. The highest BCUT2D eigenvalue weighted by atomic mass is 32.1. The summed E-state index contributed by atoms with van der Waals surface area (Å²) in [6.07, 6.45) is 0. The molecule has 0 saturated heterocycles. The van der Waals surface area contributed by atoms with Crippen LogP contribution in [-0.2, 0) is 17.9 Å². The van der Waals surface area contributed by atoms with Gasteiger partial charge >= 0.3 is 0 Å². The van der Waals surface area contributed by atoms with Crippen LogP contribution in [0, 0.1) is 0 Å². The van der Waals surface area contributed by atoms with Gasteiger partial charge in [-0.3, -0.25) is 9.69 Å². The lowest BCUT2D eigenvalue weighted by Crippen LogP contribution is -2.33. The summed E-state index contributed by atoms with van der Waals surface area (Å²) in [7, 11) is 0. The molecule has 0 radical (unpaired) electrons. The Morgan fingerprint density at radius 2 is 1.79 bits per heavy atom. The average Bonchev–Trinajstić information content (AvgIpc) is 3.07. The number of thiophene rings is 1. The summed E-state index contributed by atoms with van der Waals surface area (Å²) in [5.74, 6) is 0.0401. The topological polar surface area (TPSA) is 32.3 Å². The largest absolute Gasteiger partial charge is 0.324 e.